The van der Waals surface area contributed by atoms with Crippen molar-refractivity contribution in [1.29, 1.82) is 0 Å². The third kappa shape index (κ3) is 4.66. The minimum absolute atomic E-state index is 0.0648. The fraction of sp³-hybridized carbons (Fsp3) is 0.833. The highest BCUT2D eigenvalue weighted by atomic mass is 16.7. The highest BCUT2D eigenvalue weighted by Crippen LogP contribution is 2.22. The van der Waals surface area contributed by atoms with Gasteiger partial charge in [0, 0.05) is 0 Å². The molecule has 1 saturated heterocycles. The monoisotopic (exact) mass is 356 g/mol. The van der Waals surface area contributed by atoms with E-state index in [-0.39, 0.29) is 6.29 Å². The number of ether oxygens (including phenoxy) is 2. The number of hydrogen-bond acceptors (Lipinski definition) is 11. The first kappa shape index (κ1) is 20.8. The number of rotatable bonds is 8. The zero-order chi connectivity index (χ0) is 18.6. The summed E-state index contributed by atoms with van der Waals surface area (Å²) in [7, 11) is 0. The van der Waals surface area contributed by atoms with Gasteiger partial charge < -0.3 is 55.1 Å². The van der Waals surface area contributed by atoms with Crippen LogP contribution in [0.3, 0.4) is 0 Å². The van der Waals surface area contributed by atoms with Crippen LogP contribution in [0.5, 0.6) is 0 Å². The van der Waals surface area contributed by atoms with E-state index in [2.05, 4.69) is 0 Å². The van der Waals surface area contributed by atoms with Gasteiger partial charge in [-0.25, -0.2) is 4.79 Å². The normalized spacial score (nSPS) is 35.7. The molecule has 9 atom stereocenters. The first-order valence-corrected chi connectivity index (χ1v) is 6.83. The summed E-state index contributed by atoms with van der Waals surface area (Å²) in [5.41, 5.74) is 0. The number of carbonyl (C=O) groups is 2. The smallest absolute Gasteiger partial charge is 0.335 e. The summed E-state index contributed by atoms with van der Waals surface area (Å²) >= 11 is 0. The van der Waals surface area contributed by atoms with Crippen molar-refractivity contribution < 1.29 is 59.9 Å². The van der Waals surface area contributed by atoms with E-state index < -0.39 is 67.7 Å². The third-order valence-electron chi connectivity index (χ3n) is 3.48. The van der Waals surface area contributed by atoms with Gasteiger partial charge in [0.05, 0.1) is 6.61 Å². The van der Waals surface area contributed by atoms with Crippen molar-refractivity contribution in [3.8, 4) is 0 Å². The van der Waals surface area contributed by atoms with Crippen LogP contribution in [0, 0.1) is 0 Å². The molecule has 24 heavy (non-hydrogen) atoms. The Bertz CT molecular complexity index is 430. The molecular weight excluding hydrogens is 336 g/mol. The first-order chi connectivity index (χ1) is 11.1. The number of carboxylic acids is 1. The van der Waals surface area contributed by atoms with Crippen LogP contribution >= 0.6 is 0 Å². The molecule has 0 saturated carbocycles. The van der Waals surface area contributed by atoms with Crippen LogP contribution in [0.1, 0.15) is 0 Å². The van der Waals surface area contributed by atoms with Crippen molar-refractivity contribution in [2.24, 2.45) is 0 Å². The van der Waals surface area contributed by atoms with Crippen LogP contribution in [0.2, 0.25) is 0 Å². The van der Waals surface area contributed by atoms with Gasteiger partial charge in [0.25, 0.3) is 0 Å². The van der Waals surface area contributed by atoms with Gasteiger partial charge in [-0.3, -0.25) is 0 Å². The summed E-state index contributed by atoms with van der Waals surface area (Å²) in [5.74, 6) is -1.63. The Labute approximate surface area is 135 Å². The molecule has 140 valence electrons. The first-order valence-electron chi connectivity index (χ1n) is 6.83. The molecule has 0 aromatic heterocycles. The summed E-state index contributed by atoms with van der Waals surface area (Å²) in [5, 5.41) is 75.1. The van der Waals surface area contributed by atoms with E-state index in [0.29, 0.717) is 0 Å². The molecule has 1 rings (SSSR count). The van der Waals surface area contributed by atoms with Gasteiger partial charge in [-0.1, -0.05) is 0 Å². The van der Waals surface area contributed by atoms with Crippen LogP contribution in [-0.2, 0) is 19.1 Å². The molecule has 0 spiro atoms. The zero-order valence-corrected chi connectivity index (χ0v) is 12.2. The number of carboxylic acid groups (broad SMARTS) is 1. The Morgan fingerprint density at radius 1 is 1.04 bits per heavy atom. The molecule has 0 radical (unpaired) electrons. The van der Waals surface area contributed by atoms with Crippen LogP contribution in [0.25, 0.3) is 0 Å². The van der Waals surface area contributed by atoms with Gasteiger partial charge in [0.15, 0.2) is 18.7 Å². The fourth-order valence-electron chi connectivity index (χ4n) is 1.99. The van der Waals surface area contributed by atoms with Gasteiger partial charge in [0.1, 0.15) is 42.7 Å². The topological polar surface area (TPSA) is 214 Å². The van der Waals surface area contributed by atoms with Crippen LogP contribution in [0.15, 0.2) is 0 Å². The molecule has 0 aromatic rings. The number of carbonyl (C=O) groups excluding carboxylic acids is 1. The number of aliphatic hydroxyl groups is 7. The summed E-state index contributed by atoms with van der Waals surface area (Å²) in [6, 6.07) is 0. The summed E-state index contributed by atoms with van der Waals surface area (Å²) < 4.78 is 9.60. The van der Waals surface area contributed by atoms with Crippen molar-refractivity contribution in [3.63, 3.8) is 0 Å². The molecule has 9 unspecified atom stereocenters. The lowest BCUT2D eigenvalue weighted by atomic mass is 9.99. The lowest BCUT2D eigenvalue weighted by Gasteiger charge is -2.38. The standard InChI is InChI=1S/C12H20O12/c13-1-3(14)5(16)6(17)4(15)2-23-12-9(20)7(18)8(19)10(24-12)11(21)22/h1,3-10,12,14-20H,2H2,(H,21,22). The molecular formula is C12H20O12. The predicted octanol–water partition coefficient (Wildman–Crippen LogP) is -5.46. The maximum absolute atomic E-state index is 10.9. The average molecular weight is 356 g/mol. The van der Waals surface area contributed by atoms with Crippen molar-refractivity contribution in [2.75, 3.05) is 6.61 Å². The van der Waals surface area contributed by atoms with E-state index >= 15 is 0 Å². The molecule has 12 heteroatoms. The highest BCUT2D eigenvalue weighted by molar-refractivity contribution is 5.73. The zero-order valence-electron chi connectivity index (χ0n) is 12.2. The Morgan fingerprint density at radius 2 is 1.62 bits per heavy atom. The molecule has 0 aliphatic carbocycles. The summed E-state index contributed by atoms with van der Waals surface area (Å²) in [6.07, 6.45) is -17.2. The molecule has 1 heterocycles. The minimum atomic E-state index is -2.02. The molecule has 12 nitrogen and oxygen atoms in total. The van der Waals surface area contributed by atoms with E-state index in [1.807, 2.05) is 0 Å². The van der Waals surface area contributed by atoms with Gasteiger partial charge in [0.2, 0.25) is 0 Å². The Kier molecular flexibility index (Phi) is 7.59. The summed E-state index contributed by atoms with van der Waals surface area (Å²) in [6.45, 7) is -0.819. The van der Waals surface area contributed by atoms with E-state index in [9.17, 15) is 40.2 Å². The van der Waals surface area contributed by atoms with Crippen molar-refractivity contribution in [2.45, 2.75) is 55.1 Å². The number of aliphatic hydroxyl groups excluding tert-OH is 7. The van der Waals surface area contributed by atoms with Crippen molar-refractivity contribution in [1.82, 2.24) is 0 Å². The van der Waals surface area contributed by atoms with Crippen molar-refractivity contribution in [3.05, 3.63) is 0 Å². The molecule has 0 aromatic carbocycles. The molecule has 1 aliphatic rings. The average Bonchev–Trinajstić information content (AvgIpc) is 2.56. The molecule has 1 aliphatic heterocycles. The molecule has 0 bridgehead atoms. The van der Waals surface area contributed by atoms with E-state index in [4.69, 9.17) is 19.7 Å². The Morgan fingerprint density at radius 3 is 2.12 bits per heavy atom. The van der Waals surface area contributed by atoms with Crippen LogP contribution in [-0.4, -0.2) is 115 Å². The third-order valence-corrected chi connectivity index (χ3v) is 3.48. The second kappa shape index (κ2) is 8.75. The van der Waals surface area contributed by atoms with Gasteiger partial charge in [-0.2, -0.15) is 0 Å². The van der Waals surface area contributed by atoms with E-state index in [1.54, 1.807) is 0 Å². The second-order valence-corrected chi connectivity index (χ2v) is 5.24. The Hall–Kier alpha value is -1.22. The largest absolute Gasteiger partial charge is 0.479 e. The number of aldehydes is 1. The number of aliphatic carboxylic acids is 1. The van der Waals surface area contributed by atoms with Crippen molar-refractivity contribution >= 4 is 12.3 Å². The molecule has 1 fully saturated rings. The minimum Gasteiger partial charge on any atom is -0.479 e. The predicted molar refractivity (Wildman–Crippen MR) is 70.4 cm³/mol. The Balaban J connectivity index is 2.64. The highest BCUT2D eigenvalue weighted by Gasteiger charge is 2.47. The van der Waals surface area contributed by atoms with Crippen LogP contribution in [0.4, 0.5) is 0 Å². The fourth-order valence-corrected chi connectivity index (χ4v) is 1.99. The van der Waals surface area contributed by atoms with Gasteiger partial charge >= 0.3 is 5.97 Å². The van der Waals surface area contributed by atoms with Gasteiger partial charge in [-0.05, 0) is 0 Å². The van der Waals surface area contributed by atoms with E-state index in [1.165, 1.54) is 0 Å². The van der Waals surface area contributed by atoms with E-state index in [0.717, 1.165) is 0 Å². The lowest BCUT2D eigenvalue weighted by Crippen LogP contribution is -2.60. The SMILES string of the molecule is O=CC(O)C(O)C(O)C(O)COC1OC(C(=O)O)C(O)C(O)C1O. The lowest BCUT2D eigenvalue weighted by molar-refractivity contribution is -0.299. The second-order valence-electron chi connectivity index (χ2n) is 5.24. The van der Waals surface area contributed by atoms with Crippen LogP contribution < -0.4 is 0 Å². The maximum atomic E-state index is 10.9. The van der Waals surface area contributed by atoms with Gasteiger partial charge in [-0.15, -0.1) is 0 Å². The maximum Gasteiger partial charge on any atom is 0.335 e. The molecule has 8 N–H and O–H groups in total. The number of hydrogen-bond donors (Lipinski definition) is 8. The summed E-state index contributed by atoms with van der Waals surface area (Å²) in [4.78, 5) is 21.2. The molecule has 0 amide bonds. The quantitative estimate of drug-likeness (QED) is 0.191.